The highest BCUT2D eigenvalue weighted by Crippen LogP contribution is 2.45. The highest BCUT2D eigenvalue weighted by molar-refractivity contribution is 7.22. The molecule has 0 saturated carbocycles. The number of aliphatic hydroxyl groups excluding tert-OH is 1. The highest BCUT2D eigenvalue weighted by Gasteiger charge is 2.48. The van der Waals surface area contributed by atoms with E-state index < -0.39 is 17.7 Å². The summed E-state index contributed by atoms with van der Waals surface area (Å²) in [6, 6.07) is 18.2. The quantitative estimate of drug-likeness (QED) is 0.149. The molecule has 1 N–H and O–H groups in total. The van der Waals surface area contributed by atoms with Gasteiger partial charge in [0.25, 0.3) is 5.78 Å². The Morgan fingerprint density at radius 3 is 2.50 bits per heavy atom. The van der Waals surface area contributed by atoms with Gasteiger partial charge in [-0.2, -0.15) is 0 Å². The molecule has 4 aromatic rings. The number of halogens is 1. The van der Waals surface area contributed by atoms with Gasteiger partial charge in [0.15, 0.2) is 5.13 Å². The second kappa shape index (κ2) is 10.8. The van der Waals surface area contributed by atoms with Crippen molar-refractivity contribution in [3.63, 3.8) is 0 Å². The van der Waals surface area contributed by atoms with Crippen molar-refractivity contribution in [1.29, 1.82) is 0 Å². The fourth-order valence-electron chi connectivity index (χ4n) is 4.36. The number of carbonyl (C=O) groups excluding carboxylic acids is 2. The zero-order valence-electron chi connectivity index (χ0n) is 20.8. The van der Waals surface area contributed by atoms with Gasteiger partial charge in [-0.05, 0) is 73.5 Å². The lowest BCUT2D eigenvalue weighted by Gasteiger charge is -2.23. The summed E-state index contributed by atoms with van der Waals surface area (Å²) in [5.74, 6) is -0.514. The lowest BCUT2D eigenvalue weighted by atomic mass is 9.95. The molecule has 0 bridgehead atoms. The van der Waals surface area contributed by atoms with Crippen molar-refractivity contribution in [3.05, 3.63) is 88.5 Å². The average molecular weight is 549 g/mol. The summed E-state index contributed by atoms with van der Waals surface area (Å²) < 4.78 is 12.0. The average Bonchev–Trinajstić information content (AvgIpc) is 3.45. The summed E-state index contributed by atoms with van der Waals surface area (Å²) in [6.07, 6.45) is 0.865. The SMILES string of the molecule is CCCOc1ccc(/C(O)=C2\C(=O)C(=O)N(c3nc4ccc(OCC)cc4s3)C2c2cccc(Cl)c2)cc1. The first-order valence-corrected chi connectivity index (χ1v) is 13.4. The molecule has 194 valence electrons. The number of hydrogen-bond acceptors (Lipinski definition) is 7. The number of ether oxygens (including phenoxy) is 2. The monoisotopic (exact) mass is 548 g/mol. The summed E-state index contributed by atoms with van der Waals surface area (Å²) >= 11 is 7.57. The van der Waals surface area contributed by atoms with Gasteiger partial charge in [-0.25, -0.2) is 4.98 Å². The number of fused-ring (bicyclic) bond motifs is 1. The van der Waals surface area contributed by atoms with E-state index in [1.807, 2.05) is 32.0 Å². The van der Waals surface area contributed by atoms with Crippen LogP contribution in [-0.4, -0.2) is 35.0 Å². The van der Waals surface area contributed by atoms with Crippen LogP contribution in [0, 0.1) is 0 Å². The second-order valence-corrected chi connectivity index (χ2v) is 10.1. The molecular weight excluding hydrogens is 524 g/mol. The Labute approximate surface area is 228 Å². The molecule has 38 heavy (non-hydrogen) atoms. The van der Waals surface area contributed by atoms with Crippen LogP contribution >= 0.6 is 22.9 Å². The van der Waals surface area contributed by atoms with Crippen LogP contribution in [0.25, 0.3) is 16.0 Å². The van der Waals surface area contributed by atoms with Gasteiger partial charge in [-0.1, -0.05) is 42.0 Å². The predicted molar refractivity (Wildman–Crippen MR) is 149 cm³/mol. The number of anilines is 1. The van der Waals surface area contributed by atoms with E-state index in [4.69, 9.17) is 21.1 Å². The molecular formula is C29H25ClN2O5S. The molecule has 0 aliphatic carbocycles. The number of hydrogen-bond donors (Lipinski definition) is 1. The van der Waals surface area contributed by atoms with Crippen LogP contribution in [0.4, 0.5) is 5.13 Å². The zero-order valence-corrected chi connectivity index (χ0v) is 22.4. The van der Waals surface area contributed by atoms with Gasteiger partial charge in [0, 0.05) is 10.6 Å². The molecule has 1 aliphatic heterocycles. The first kappa shape index (κ1) is 25.8. The third-order valence-corrected chi connectivity index (χ3v) is 7.33. The molecule has 0 radical (unpaired) electrons. The Morgan fingerprint density at radius 2 is 1.79 bits per heavy atom. The van der Waals surface area contributed by atoms with Crippen molar-refractivity contribution in [2.45, 2.75) is 26.3 Å². The van der Waals surface area contributed by atoms with Crippen molar-refractivity contribution in [1.82, 2.24) is 4.98 Å². The summed E-state index contributed by atoms with van der Waals surface area (Å²) in [5, 5.41) is 12.1. The van der Waals surface area contributed by atoms with Crippen LogP contribution in [0.15, 0.2) is 72.3 Å². The topological polar surface area (TPSA) is 89.0 Å². The standard InChI is InChI=1S/C29H25ClN2O5S/c1-3-14-37-20-10-8-17(9-11-20)26(33)24-25(18-6-5-7-19(30)15-18)32(28(35)27(24)34)29-31-22-13-12-21(36-4-2)16-23(22)38-29/h5-13,15-16,25,33H,3-4,14H2,1-2H3/b26-24+. The fraction of sp³-hybridized carbons (Fsp3) is 0.207. The molecule has 1 saturated heterocycles. The predicted octanol–water partition coefficient (Wildman–Crippen LogP) is 6.76. The zero-order chi connectivity index (χ0) is 26.8. The van der Waals surface area contributed by atoms with Crippen molar-refractivity contribution >= 4 is 55.7 Å². The molecule has 1 aliphatic rings. The number of aliphatic hydroxyl groups is 1. The molecule has 0 spiro atoms. The number of carbonyl (C=O) groups is 2. The number of thiazole rings is 1. The molecule has 5 rings (SSSR count). The number of rotatable bonds is 8. The van der Waals surface area contributed by atoms with Crippen LogP contribution in [0.2, 0.25) is 5.02 Å². The van der Waals surface area contributed by atoms with Crippen molar-refractivity contribution in [2.24, 2.45) is 0 Å². The molecule has 1 aromatic heterocycles. The van der Waals surface area contributed by atoms with Crippen LogP contribution < -0.4 is 14.4 Å². The Morgan fingerprint density at radius 1 is 1.03 bits per heavy atom. The minimum atomic E-state index is -0.920. The number of Topliss-reactive ketones (excluding diaryl/α,β-unsaturated/α-hetero) is 1. The molecule has 3 aromatic carbocycles. The maximum absolute atomic E-state index is 13.5. The number of nitrogens with zero attached hydrogens (tertiary/aromatic N) is 2. The summed E-state index contributed by atoms with van der Waals surface area (Å²) in [6.45, 7) is 5.00. The Hall–Kier alpha value is -3.88. The van der Waals surface area contributed by atoms with E-state index in [1.165, 1.54) is 16.2 Å². The van der Waals surface area contributed by atoms with Gasteiger partial charge in [0.2, 0.25) is 0 Å². The van der Waals surface area contributed by atoms with Crippen molar-refractivity contribution < 1.29 is 24.2 Å². The summed E-state index contributed by atoms with van der Waals surface area (Å²) in [5.41, 5.74) is 1.61. The van der Waals surface area contributed by atoms with E-state index in [9.17, 15) is 14.7 Å². The lowest BCUT2D eigenvalue weighted by Crippen LogP contribution is -2.29. The first-order valence-electron chi connectivity index (χ1n) is 12.2. The number of ketones is 1. The van der Waals surface area contributed by atoms with E-state index >= 15 is 0 Å². The van der Waals surface area contributed by atoms with Crippen molar-refractivity contribution in [3.8, 4) is 11.5 Å². The third-order valence-electron chi connectivity index (χ3n) is 6.08. The van der Waals surface area contributed by atoms with Crippen LogP contribution in [0.5, 0.6) is 11.5 Å². The summed E-state index contributed by atoms with van der Waals surface area (Å²) in [7, 11) is 0. The van der Waals surface area contributed by atoms with E-state index in [2.05, 4.69) is 4.98 Å². The van der Waals surface area contributed by atoms with Crippen LogP contribution in [0.1, 0.15) is 37.4 Å². The van der Waals surface area contributed by atoms with Gasteiger partial charge in [0.05, 0.1) is 35.0 Å². The van der Waals surface area contributed by atoms with E-state index in [0.717, 1.165) is 11.1 Å². The van der Waals surface area contributed by atoms with Crippen LogP contribution in [-0.2, 0) is 9.59 Å². The van der Waals surface area contributed by atoms with E-state index in [-0.39, 0.29) is 11.3 Å². The van der Waals surface area contributed by atoms with Gasteiger partial charge in [-0.3, -0.25) is 14.5 Å². The Bertz CT molecular complexity index is 1550. The molecule has 1 fully saturated rings. The van der Waals surface area contributed by atoms with E-state index in [0.29, 0.717) is 51.5 Å². The second-order valence-electron chi connectivity index (χ2n) is 8.66. The van der Waals surface area contributed by atoms with Gasteiger partial charge < -0.3 is 14.6 Å². The minimum Gasteiger partial charge on any atom is -0.507 e. The smallest absolute Gasteiger partial charge is 0.301 e. The summed E-state index contributed by atoms with van der Waals surface area (Å²) in [4.78, 5) is 32.9. The molecule has 1 unspecified atom stereocenters. The molecule has 2 heterocycles. The molecule has 7 nitrogen and oxygen atoms in total. The first-order chi connectivity index (χ1) is 18.4. The van der Waals surface area contributed by atoms with Crippen molar-refractivity contribution in [2.75, 3.05) is 18.1 Å². The Balaban J connectivity index is 1.63. The third kappa shape index (κ3) is 4.85. The number of aromatic nitrogens is 1. The van der Waals surface area contributed by atoms with Gasteiger partial charge >= 0.3 is 5.91 Å². The molecule has 9 heteroatoms. The van der Waals surface area contributed by atoms with E-state index in [1.54, 1.807) is 48.5 Å². The molecule has 1 atom stereocenters. The maximum atomic E-state index is 13.5. The Kier molecular flexibility index (Phi) is 7.35. The fourth-order valence-corrected chi connectivity index (χ4v) is 5.58. The molecule has 1 amide bonds. The number of amides is 1. The van der Waals surface area contributed by atoms with Gasteiger partial charge in [-0.15, -0.1) is 0 Å². The largest absolute Gasteiger partial charge is 0.507 e. The van der Waals surface area contributed by atoms with Gasteiger partial charge in [0.1, 0.15) is 17.3 Å². The normalized spacial score (nSPS) is 16.8. The van der Waals surface area contributed by atoms with Crippen LogP contribution in [0.3, 0.4) is 0 Å². The minimum absolute atomic E-state index is 0.0336. The maximum Gasteiger partial charge on any atom is 0.301 e. The number of benzene rings is 3. The highest BCUT2D eigenvalue weighted by atomic mass is 35.5. The lowest BCUT2D eigenvalue weighted by molar-refractivity contribution is -0.132.